The molecule has 0 bridgehead atoms. The molecule has 2 fully saturated rings. The van der Waals surface area contributed by atoms with Gasteiger partial charge in [0.2, 0.25) is 5.91 Å². The van der Waals surface area contributed by atoms with Crippen molar-refractivity contribution in [1.82, 2.24) is 9.80 Å². The lowest BCUT2D eigenvalue weighted by atomic mass is 9.77. The van der Waals surface area contributed by atoms with Crippen LogP contribution in [0.3, 0.4) is 0 Å². The van der Waals surface area contributed by atoms with Gasteiger partial charge in [-0.05, 0) is 25.1 Å². The zero-order valence-electron chi connectivity index (χ0n) is 15.4. The van der Waals surface area contributed by atoms with E-state index in [1.807, 2.05) is 35.2 Å². The van der Waals surface area contributed by atoms with Gasteiger partial charge >= 0.3 is 0 Å². The van der Waals surface area contributed by atoms with E-state index in [1.54, 1.807) is 7.11 Å². The molecule has 25 heavy (non-hydrogen) atoms. The van der Waals surface area contributed by atoms with E-state index in [-0.39, 0.29) is 11.3 Å². The number of carbonyl (C=O) groups is 1. The summed E-state index contributed by atoms with van der Waals surface area (Å²) >= 11 is 0. The van der Waals surface area contributed by atoms with Gasteiger partial charge in [0, 0.05) is 44.6 Å². The van der Waals surface area contributed by atoms with Gasteiger partial charge in [-0.1, -0.05) is 25.1 Å². The smallest absolute Gasteiger partial charge is 0.226 e. The Morgan fingerprint density at radius 3 is 2.80 bits per heavy atom. The fraction of sp³-hybridized carbons (Fsp3) is 0.650. The number of likely N-dealkylation sites (tertiary alicyclic amines) is 2. The van der Waals surface area contributed by atoms with E-state index in [9.17, 15) is 4.79 Å². The average Bonchev–Trinajstić information content (AvgIpc) is 3.21. The Hall–Kier alpha value is -1.59. The second-order valence-electron chi connectivity index (χ2n) is 7.32. The Balaban J connectivity index is 1.51. The number of methoxy groups -OCH3 is 1. The Bertz CT molecular complexity index is 565. The maximum atomic E-state index is 12.6. The van der Waals surface area contributed by atoms with Gasteiger partial charge in [0.15, 0.2) is 0 Å². The van der Waals surface area contributed by atoms with Crippen LogP contribution in [-0.4, -0.2) is 68.8 Å². The van der Waals surface area contributed by atoms with Crippen molar-refractivity contribution in [2.24, 2.45) is 11.3 Å². The summed E-state index contributed by atoms with van der Waals surface area (Å²) in [4.78, 5) is 17.1. The summed E-state index contributed by atoms with van der Waals surface area (Å²) in [6.45, 7) is 8.40. The highest BCUT2D eigenvalue weighted by Crippen LogP contribution is 2.44. The number of hydrogen-bond acceptors (Lipinski definition) is 4. The lowest BCUT2D eigenvalue weighted by molar-refractivity contribution is -0.131. The molecule has 0 aliphatic carbocycles. The van der Waals surface area contributed by atoms with Crippen LogP contribution in [0.2, 0.25) is 0 Å². The summed E-state index contributed by atoms with van der Waals surface area (Å²) in [5.41, 5.74) is 0.210. The molecule has 2 aliphatic rings. The first-order valence-electron chi connectivity index (χ1n) is 9.34. The van der Waals surface area contributed by atoms with E-state index in [0.29, 0.717) is 18.9 Å². The van der Waals surface area contributed by atoms with Gasteiger partial charge in [-0.15, -0.1) is 0 Å². The molecule has 0 radical (unpaired) electrons. The van der Waals surface area contributed by atoms with Crippen LogP contribution in [0.4, 0.5) is 0 Å². The lowest BCUT2D eigenvalue weighted by Gasteiger charge is -2.30. The molecule has 1 aromatic carbocycles. The fourth-order valence-electron chi connectivity index (χ4n) is 4.32. The van der Waals surface area contributed by atoms with Crippen molar-refractivity contribution < 1.29 is 14.3 Å². The topological polar surface area (TPSA) is 42.0 Å². The van der Waals surface area contributed by atoms with Gasteiger partial charge in [0.05, 0.1) is 19.6 Å². The first-order chi connectivity index (χ1) is 12.2. The molecule has 5 nitrogen and oxygen atoms in total. The van der Waals surface area contributed by atoms with Gasteiger partial charge in [0.25, 0.3) is 0 Å². The van der Waals surface area contributed by atoms with Crippen molar-refractivity contribution in [3.05, 3.63) is 30.3 Å². The van der Waals surface area contributed by atoms with Gasteiger partial charge in [-0.25, -0.2) is 0 Å². The molecule has 1 aromatic rings. The number of carbonyl (C=O) groups excluding carboxylic acids is 1. The monoisotopic (exact) mass is 346 g/mol. The van der Waals surface area contributed by atoms with Gasteiger partial charge in [0.1, 0.15) is 5.75 Å². The second kappa shape index (κ2) is 8.19. The molecule has 0 aromatic heterocycles. The van der Waals surface area contributed by atoms with Crippen molar-refractivity contribution in [2.45, 2.75) is 19.8 Å². The Kier molecular flexibility index (Phi) is 5.97. The minimum Gasteiger partial charge on any atom is -0.493 e. The van der Waals surface area contributed by atoms with Gasteiger partial charge < -0.3 is 19.3 Å². The molecule has 2 saturated heterocycles. The van der Waals surface area contributed by atoms with Crippen molar-refractivity contribution in [1.29, 1.82) is 0 Å². The molecular formula is C20H30N2O3. The highest BCUT2D eigenvalue weighted by Gasteiger charge is 2.50. The molecule has 1 amide bonds. The number of benzene rings is 1. The maximum Gasteiger partial charge on any atom is 0.226 e. The predicted molar refractivity (Wildman–Crippen MR) is 97.7 cm³/mol. The third kappa shape index (κ3) is 4.15. The third-order valence-corrected chi connectivity index (χ3v) is 5.76. The number of ether oxygens (including phenoxy) is 2. The number of amides is 1. The number of hydrogen-bond donors (Lipinski definition) is 0. The van der Waals surface area contributed by atoms with E-state index >= 15 is 0 Å². The van der Waals surface area contributed by atoms with E-state index in [1.165, 1.54) is 0 Å². The Labute approximate surface area is 150 Å². The number of nitrogens with zero attached hydrogens (tertiary/aromatic N) is 2. The number of rotatable bonds is 7. The summed E-state index contributed by atoms with van der Waals surface area (Å²) in [5.74, 6) is 1.55. The zero-order valence-corrected chi connectivity index (χ0v) is 15.4. The molecule has 2 atom stereocenters. The van der Waals surface area contributed by atoms with Crippen LogP contribution in [0.15, 0.2) is 30.3 Å². The van der Waals surface area contributed by atoms with Crippen LogP contribution >= 0.6 is 0 Å². The van der Waals surface area contributed by atoms with Crippen LogP contribution in [0.1, 0.15) is 19.8 Å². The molecule has 138 valence electrons. The van der Waals surface area contributed by atoms with Crippen LogP contribution in [0.25, 0.3) is 0 Å². The molecule has 2 aliphatic heterocycles. The van der Waals surface area contributed by atoms with Crippen LogP contribution in [-0.2, 0) is 9.53 Å². The molecule has 0 unspecified atom stereocenters. The summed E-state index contributed by atoms with van der Waals surface area (Å²) in [6, 6.07) is 9.68. The predicted octanol–water partition coefficient (Wildman–Crippen LogP) is 2.27. The quantitative estimate of drug-likeness (QED) is 0.760. The molecule has 3 rings (SSSR count). The minimum absolute atomic E-state index is 0.207. The van der Waals surface area contributed by atoms with Crippen LogP contribution in [0.5, 0.6) is 5.75 Å². The van der Waals surface area contributed by atoms with Crippen molar-refractivity contribution in [3.63, 3.8) is 0 Å². The highest BCUT2D eigenvalue weighted by atomic mass is 16.5. The third-order valence-electron chi connectivity index (χ3n) is 5.76. The molecule has 0 N–H and O–H groups in total. The van der Waals surface area contributed by atoms with E-state index < -0.39 is 0 Å². The van der Waals surface area contributed by atoms with Crippen LogP contribution < -0.4 is 4.74 Å². The molecular weight excluding hydrogens is 316 g/mol. The first-order valence-corrected chi connectivity index (χ1v) is 9.34. The van der Waals surface area contributed by atoms with Gasteiger partial charge in [-0.2, -0.15) is 0 Å². The normalized spacial score (nSPS) is 26.5. The van der Waals surface area contributed by atoms with Crippen molar-refractivity contribution in [2.75, 3.05) is 53.0 Å². The summed E-state index contributed by atoms with van der Waals surface area (Å²) in [5, 5.41) is 0. The second-order valence-corrected chi connectivity index (χ2v) is 7.32. The maximum absolute atomic E-state index is 12.6. The SMILES string of the molecule is CCN1C[C@@H](COC)[C@]2(CCN(C(=O)CCOc3ccccc3)C2)C1. The Morgan fingerprint density at radius 1 is 1.28 bits per heavy atom. The standard InChI is InChI=1S/C20H30N2O3/c1-3-21-13-17(14-24-2)20(15-21)10-11-22(16-20)19(23)9-12-25-18-7-5-4-6-8-18/h4-8,17H,3,9-16H2,1-2H3/t17-,20+/m0/s1. The summed E-state index contributed by atoms with van der Waals surface area (Å²) in [6.07, 6.45) is 1.53. The van der Waals surface area contributed by atoms with Gasteiger partial charge in [-0.3, -0.25) is 4.79 Å². The van der Waals surface area contributed by atoms with E-state index in [2.05, 4.69) is 11.8 Å². The molecule has 0 saturated carbocycles. The van der Waals surface area contributed by atoms with Crippen LogP contribution in [0, 0.1) is 11.3 Å². The molecule has 5 heteroatoms. The van der Waals surface area contributed by atoms with Crippen molar-refractivity contribution >= 4 is 5.91 Å². The zero-order chi connectivity index (χ0) is 17.7. The van der Waals surface area contributed by atoms with E-state index in [4.69, 9.17) is 9.47 Å². The molecule has 1 spiro atoms. The molecule has 2 heterocycles. The summed E-state index contributed by atoms with van der Waals surface area (Å²) < 4.78 is 11.1. The lowest BCUT2D eigenvalue weighted by Crippen LogP contribution is -2.38. The summed E-state index contributed by atoms with van der Waals surface area (Å²) in [7, 11) is 1.78. The number of para-hydroxylation sites is 1. The average molecular weight is 346 g/mol. The minimum atomic E-state index is 0.207. The first kappa shape index (κ1) is 18.2. The Morgan fingerprint density at radius 2 is 2.08 bits per heavy atom. The van der Waals surface area contributed by atoms with Crippen molar-refractivity contribution in [3.8, 4) is 5.75 Å². The fourth-order valence-corrected chi connectivity index (χ4v) is 4.32. The van der Waals surface area contributed by atoms with E-state index in [0.717, 1.165) is 51.5 Å². The highest BCUT2D eigenvalue weighted by molar-refractivity contribution is 5.76. The largest absolute Gasteiger partial charge is 0.493 e.